The summed E-state index contributed by atoms with van der Waals surface area (Å²) in [5.41, 5.74) is 2.15. The fourth-order valence-corrected chi connectivity index (χ4v) is 1.52. The van der Waals surface area contributed by atoms with Gasteiger partial charge in [-0.1, -0.05) is 57.4 Å². The second kappa shape index (κ2) is 7.00. The van der Waals surface area contributed by atoms with Crippen LogP contribution in [-0.2, 0) is 0 Å². The van der Waals surface area contributed by atoms with Gasteiger partial charge in [-0.05, 0) is 19.1 Å². The van der Waals surface area contributed by atoms with Gasteiger partial charge in [-0.25, -0.2) is 0 Å². The number of hydrogen-bond donors (Lipinski definition) is 0. The van der Waals surface area contributed by atoms with Crippen LogP contribution in [0.25, 0.3) is 10.9 Å². The van der Waals surface area contributed by atoms with E-state index in [1.54, 1.807) is 0 Å². The molecule has 0 fully saturated rings. The van der Waals surface area contributed by atoms with Crippen molar-refractivity contribution in [3.05, 3.63) is 42.1 Å². The van der Waals surface area contributed by atoms with Gasteiger partial charge >= 0.3 is 0 Å². The molecule has 0 amide bonds. The minimum Gasteiger partial charge on any atom is -0.253 e. The largest absolute Gasteiger partial charge is 0.253 e. The zero-order chi connectivity index (χ0) is 11.8. The average Bonchev–Trinajstić information content (AvgIpc) is 2.31. The average molecular weight is 215 g/mol. The van der Waals surface area contributed by atoms with Crippen molar-refractivity contribution in [2.24, 2.45) is 0 Å². The summed E-state index contributed by atoms with van der Waals surface area (Å²) < 4.78 is 0. The molecule has 2 aromatic rings. The van der Waals surface area contributed by atoms with Crippen molar-refractivity contribution >= 4 is 10.9 Å². The van der Waals surface area contributed by atoms with Gasteiger partial charge in [0, 0.05) is 11.1 Å². The lowest BCUT2D eigenvalue weighted by molar-refractivity contribution is 0.772. The maximum Gasteiger partial charge on any atom is 0.0705 e. The van der Waals surface area contributed by atoms with Crippen molar-refractivity contribution < 1.29 is 0 Å². The summed E-state index contributed by atoms with van der Waals surface area (Å²) in [6, 6.07) is 12.3. The molecule has 16 heavy (non-hydrogen) atoms. The quantitative estimate of drug-likeness (QED) is 0.705. The van der Waals surface area contributed by atoms with E-state index < -0.39 is 0 Å². The van der Waals surface area contributed by atoms with Gasteiger partial charge in [0.15, 0.2) is 0 Å². The normalized spacial score (nSPS) is 9.69. The Morgan fingerprint density at radius 1 is 0.938 bits per heavy atom. The Bertz CT molecular complexity index is 418. The highest BCUT2D eigenvalue weighted by molar-refractivity contribution is 5.78. The van der Waals surface area contributed by atoms with Gasteiger partial charge in [-0.15, -0.1) is 0 Å². The molecule has 0 aliphatic rings. The van der Waals surface area contributed by atoms with Gasteiger partial charge in [0.2, 0.25) is 0 Å². The van der Waals surface area contributed by atoms with E-state index in [4.69, 9.17) is 0 Å². The van der Waals surface area contributed by atoms with Gasteiger partial charge in [0.1, 0.15) is 0 Å². The summed E-state index contributed by atoms with van der Waals surface area (Å²) >= 11 is 0. The third-order valence-corrected chi connectivity index (χ3v) is 2.44. The number of unbranched alkanes of at least 4 members (excludes halogenated alkanes) is 2. The molecular formula is C15H21N. The van der Waals surface area contributed by atoms with Crippen LogP contribution in [0.1, 0.15) is 38.8 Å². The summed E-state index contributed by atoms with van der Waals surface area (Å²) in [5, 5.41) is 1.21. The van der Waals surface area contributed by atoms with Gasteiger partial charge in [-0.2, -0.15) is 0 Å². The first-order chi connectivity index (χ1) is 7.77. The first-order valence-corrected chi connectivity index (χ1v) is 6.10. The molecule has 1 heteroatoms. The zero-order valence-corrected chi connectivity index (χ0v) is 10.5. The van der Waals surface area contributed by atoms with E-state index in [-0.39, 0.29) is 0 Å². The lowest BCUT2D eigenvalue weighted by Crippen LogP contribution is -1.80. The number of aryl methyl sites for hydroxylation is 1. The van der Waals surface area contributed by atoms with Crippen LogP contribution in [0.4, 0.5) is 0 Å². The summed E-state index contributed by atoms with van der Waals surface area (Å²) in [4.78, 5) is 4.38. The Balaban J connectivity index is 0.000000221. The SMILES string of the molecule is CCCCC.Cc1ccc2ccccc2n1. The molecule has 0 radical (unpaired) electrons. The van der Waals surface area contributed by atoms with Crippen LogP contribution >= 0.6 is 0 Å². The van der Waals surface area contributed by atoms with Crippen LogP contribution in [0.5, 0.6) is 0 Å². The molecule has 86 valence electrons. The Morgan fingerprint density at radius 3 is 2.25 bits per heavy atom. The highest BCUT2D eigenvalue weighted by Gasteiger charge is 1.91. The number of para-hydroxylation sites is 1. The molecule has 0 aliphatic heterocycles. The minimum absolute atomic E-state index is 1.07. The number of aromatic nitrogens is 1. The molecule has 1 nitrogen and oxygen atoms in total. The monoisotopic (exact) mass is 215 g/mol. The summed E-state index contributed by atoms with van der Waals surface area (Å²) in [7, 11) is 0. The van der Waals surface area contributed by atoms with Crippen molar-refractivity contribution in [1.29, 1.82) is 0 Å². The van der Waals surface area contributed by atoms with E-state index in [1.165, 1.54) is 24.6 Å². The fraction of sp³-hybridized carbons (Fsp3) is 0.400. The van der Waals surface area contributed by atoms with Gasteiger partial charge in [-0.3, -0.25) is 4.98 Å². The third kappa shape index (κ3) is 4.01. The van der Waals surface area contributed by atoms with Crippen molar-refractivity contribution in [2.75, 3.05) is 0 Å². The van der Waals surface area contributed by atoms with Crippen LogP contribution < -0.4 is 0 Å². The topological polar surface area (TPSA) is 12.9 Å². The summed E-state index contributed by atoms with van der Waals surface area (Å²) in [5.74, 6) is 0. The molecule has 0 N–H and O–H groups in total. The number of nitrogens with zero attached hydrogens (tertiary/aromatic N) is 1. The zero-order valence-electron chi connectivity index (χ0n) is 10.5. The smallest absolute Gasteiger partial charge is 0.0705 e. The molecule has 0 saturated carbocycles. The van der Waals surface area contributed by atoms with E-state index in [0.717, 1.165) is 11.2 Å². The predicted molar refractivity (Wildman–Crippen MR) is 71.7 cm³/mol. The van der Waals surface area contributed by atoms with E-state index in [2.05, 4.69) is 31.0 Å². The molecule has 0 saturated heterocycles. The Labute approximate surface area is 98.5 Å². The van der Waals surface area contributed by atoms with Crippen LogP contribution in [0, 0.1) is 6.92 Å². The van der Waals surface area contributed by atoms with Gasteiger partial charge in [0.25, 0.3) is 0 Å². The third-order valence-electron chi connectivity index (χ3n) is 2.44. The second-order valence-corrected chi connectivity index (χ2v) is 4.00. The molecule has 0 spiro atoms. The van der Waals surface area contributed by atoms with E-state index in [1.807, 2.05) is 31.2 Å². The molecule has 0 aliphatic carbocycles. The van der Waals surface area contributed by atoms with Gasteiger partial charge < -0.3 is 0 Å². The van der Waals surface area contributed by atoms with Crippen molar-refractivity contribution in [3.63, 3.8) is 0 Å². The molecule has 1 aromatic carbocycles. The standard InChI is InChI=1S/C10H9N.C5H12/c1-8-6-7-9-4-2-3-5-10(9)11-8;1-3-5-4-2/h2-7H,1H3;3-5H2,1-2H3. The number of hydrogen-bond acceptors (Lipinski definition) is 1. The second-order valence-electron chi connectivity index (χ2n) is 4.00. The first-order valence-electron chi connectivity index (χ1n) is 6.10. The van der Waals surface area contributed by atoms with E-state index >= 15 is 0 Å². The predicted octanol–water partition coefficient (Wildman–Crippen LogP) is 4.74. The van der Waals surface area contributed by atoms with Crippen LogP contribution in [-0.4, -0.2) is 4.98 Å². The molecular weight excluding hydrogens is 194 g/mol. The van der Waals surface area contributed by atoms with Crippen molar-refractivity contribution in [1.82, 2.24) is 4.98 Å². The molecule has 1 aromatic heterocycles. The first kappa shape index (κ1) is 12.7. The number of pyridine rings is 1. The summed E-state index contributed by atoms with van der Waals surface area (Å²) in [6.45, 7) is 6.43. The summed E-state index contributed by atoms with van der Waals surface area (Å²) in [6.07, 6.45) is 4.08. The Morgan fingerprint density at radius 2 is 1.62 bits per heavy atom. The van der Waals surface area contributed by atoms with Crippen LogP contribution in [0.2, 0.25) is 0 Å². The Kier molecular flexibility index (Phi) is 5.55. The van der Waals surface area contributed by atoms with Gasteiger partial charge in [0.05, 0.1) is 5.52 Å². The fourth-order valence-electron chi connectivity index (χ4n) is 1.52. The van der Waals surface area contributed by atoms with E-state index in [0.29, 0.717) is 0 Å². The lowest BCUT2D eigenvalue weighted by Gasteiger charge is -1.95. The highest BCUT2D eigenvalue weighted by atomic mass is 14.7. The molecule has 1 heterocycles. The maximum absolute atomic E-state index is 4.38. The number of rotatable bonds is 2. The minimum atomic E-state index is 1.07. The van der Waals surface area contributed by atoms with Crippen LogP contribution in [0.3, 0.4) is 0 Å². The van der Waals surface area contributed by atoms with Crippen LogP contribution in [0.15, 0.2) is 36.4 Å². The Hall–Kier alpha value is -1.37. The molecule has 0 bridgehead atoms. The van der Waals surface area contributed by atoms with Crippen molar-refractivity contribution in [2.45, 2.75) is 40.0 Å². The van der Waals surface area contributed by atoms with E-state index in [9.17, 15) is 0 Å². The molecule has 2 rings (SSSR count). The highest BCUT2D eigenvalue weighted by Crippen LogP contribution is 2.10. The lowest BCUT2D eigenvalue weighted by atomic mass is 10.2. The molecule has 0 atom stereocenters. The number of benzene rings is 1. The molecule has 0 unspecified atom stereocenters. The maximum atomic E-state index is 4.38. The number of fused-ring (bicyclic) bond motifs is 1. The van der Waals surface area contributed by atoms with Crippen molar-refractivity contribution in [3.8, 4) is 0 Å².